The summed E-state index contributed by atoms with van der Waals surface area (Å²) in [6.45, 7) is 9.41. The number of rotatable bonds is 7. The smallest absolute Gasteiger partial charge is 0.0776 e. The molecule has 0 bridgehead atoms. The lowest BCUT2D eigenvalue weighted by molar-refractivity contribution is 1.18. The minimum Gasteiger partial charge on any atom is -0.309 e. The second-order valence-corrected chi connectivity index (χ2v) is 20.3. The van der Waals surface area contributed by atoms with Crippen molar-refractivity contribution in [3.8, 4) is 11.4 Å². The molecule has 9 aromatic rings. The predicted octanol–water partition coefficient (Wildman–Crippen LogP) is 13.1. The van der Waals surface area contributed by atoms with E-state index in [0.717, 1.165) is 0 Å². The summed E-state index contributed by atoms with van der Waals surface area (Å²) in [4.78, 5) is 0. The van der Waals surface area contributed by atoms with Crippen LogP contribution in [0.2, 0.25) is 19.6 Å². The van der Waals surface area contributed by atoms with Crippen molar-refractivity contribution in [3.05, 3.63) is 186 Å². The van der Waals surface area contributed by atoms with Crippen molar-refractivity contribution >= 4 is 81.2 Å². The molecule has 0 unspecified atom stereocenters. The first-order chi connectivity index (χ1) is 25.8. The van der Waals surface area contributed by atoms with E-state index >= 15 is 0 Å². The van der Waals surface area contributed by atoms with E-state index in [1.165, 1.54) is 88.0 Å². The molecule has 0 N–H and O–H groups in total. The molecule has 3 heteroatoms. The fourth-order valence-electron chi connectivity index (χ4n) is 7.65. The number of hydrogen-bond donors (Lipinski definition) is 0. The highest BCUT2D eigenvalue weighted by molar-refractivity contribution is 6.88. The van der Waals surface area contributed by atoms with E-state index in [4.69, 9.17) is 0 Å². The standard InChI is InChI=1S/C50H42N2Si/c1-35-13-31-49-45(33-35)43-9-5-7-11-47(43)51(49)40-26-22-38(23-27-40)20-18-36-14-16-37(17-15-36)19-21-39-24-28-41(29-25-39)52-48-12-8-6-10-44(48)46-34-42(53(2,3)4)30-32-50(46)52/h5-34H,1-4H3/b20-18+,21-19+. The molecule has 2 aromatic heterocycles. The minimum absolute atomic E-state index is 1.17. The molecule has 0 saturated heterocycles. The van der Waals surface area contributed by atoms with Crippen LogP contribution in [0.15, 0.2) is 158 Å². The molecule has 0 aliphatic heterocycles. The first kappa shape index (κ1) is 32.7. The van der Waals surface area contributed by atoms with Gasteiger partial charge in [-0.2, -0.15) is 0 Å². The van der Waals surface area contributed by atoms with E-state index in [-0.39, 0.29) is 0 Å². The van der Waals surface area contributed by atoms with E-state index in [0.29, 0.717) is 0 Å². The molecule has 0 atom stereocenters. The number of para-hydroxylation sites is 2. The molecule has 256 valence electrons. The molecule has 53 heavy (non-hydrogen) atoms. The lowest BCUT2D eigenvalue weighted by Gasteiger charge is -2.17. The lowest BCUT2D eigenvalue weighted by Crippen LogP contribution is -2.37. The fourth-order valence-corrected chi connectivity index (χ4v) is 8.82. The molecule has 0 amide bonds. The Labute approximate surface area is 312 Å². The van der Waals surface area contributed by atoms with Crippen LogP contribution in [-0.4, -0.2) is 17.2 Å². The molecule has 0 radical (unpaired) electrons. The van der Waals surface area contributed by atoms with Crippen LogP contribution >= 0.6 is 0 Å². The van der Waals surface area contributed by atoms with E-state index < -0.39 is 8.07 Å². The van der Waals surface area contributed by atoms with Gasteiger partial charge in [-0.25, -0.2) is 0 Å². The van der Waals surface area contributed by atoms with Gasteiger partial charge in [-0.15, -0.1) is 0 Å². The van der Waals surface area contributed by atoms with E-state index in [1.54, 1.807) is 0 Å². The van der Waals surface area contributed by atoms with Crippen LogP contribution in [0, 0.1) is 6.92 Å². The molecular weight excluding hydrogens is 657 g/mol. The topological polar surface area (TPSA) is 9.86 Å². The molecule has 2 heterocycles. The van der Waals surface area contributed by atoms with Crippen LogP contribution < -0.4 is 5.19 Å². The Morgan fingerprint density at radius 2 is 0.755 bits per heavy atom. The van der Waals surface area contributed by atoms with Gasteiger partial charge in [0.25, 0.3) is 0 Å². The molecule has 2 nitrogen and oxygen atoms in total. The molecule has 0 aliphatic rings. The Balaban J connectivity index is 0.904. The molecule has 9 rings (SSSR count). The normalized spacial score (nSPS) is 12.4. The summed E-state index contributed by atoms with van der Waals surface area (Å²) >= 11 is 0. The van der Waals surface area contributed by atoms with Crippen molar-refractivity contribution in [3.63, 3.8) is 0 Å². The van der Waals surface area contributed by atoms with Crippen molar-refractivity contribution in [2.24, 2.45) is 0 Å². The van der Waals surface area contributed by atoms with Crippen LogP contribution in [-0.2, 0) is 0 Å². The zero-order valence-corrected chi connectivity index (χ0v) is 31.7. The first-order valence-corrected chi connectivity index (χ1v) is 22.0. The van der Waals surface area contributed by atoms with Crippen molar-refractivity contribution in [1.82, 2.24) is 9.13 Å². The Hall–Kier alpha value is -6.16. The number of nitrogens with zero attached hydrogens (tertiary/aromatic N) is 2. The first-order valence-electron chi connectivity index (χ1n) is 18.5. The Bertz CT molecular complexity index is 2840. The van der Waals surface area contributed by atoms with E-state index in [9.17, 15) is 0 Å². The van der Waals surface area contributed by atoms with Gasteiger partial charge in [0.15, 0.2) is 0 Å². The molecule has 0 saturated carbocycles. The van der Waals surface area contributed by atoms with Crippen LogP contribution in [0.5, 0.6) is 0 Å². The van der Waals surface area contributed by atoms with Gasteiger partial charge in [0, 0.05) is 32.9 Å². The van der Waals surface area contributed by atoms with E-state index in [1.807, 2.05) is 0 Å². The van der Waals surface area contributed by atoms with Gasteiger partial charge in [-0.05, 0) is 83.8 Å². The molecule has 0 spiro atoms. The summed E-state index contributed by atoms with van der Waals surface area (Å²) in [5.74, 6) is 0. The maximum atomic E-state index is 2.43. The van der Waals surface area contributed by atoms with Crippen molar-refractivity contribution in [2.45, 2.75) is 26.6 Å². The third-order valence-corrected chi connectivity index (χ3v) is 12.6. The third-order valence-electron chi connectivity index (χ3n) is 10.5. The zero-order valence-electron chi connectivity index (χ0n) is 30.7. The molecule has 7 aromatic carbocycles. The van der Waals surface area contributed by atoms with Crippen molar-refractivity contribution in [2.75, 3.05) is 0 Å². The maximum absolute atomic E-state index is 2.43. The second-order valence-electron chi connectivity index (χ2n) is 15.2. The van der Waals surface area contributed by atoms with Crippen LogP contribution in [0.25, 0.3) is 79.3 Å². The number of aryl methyl sites for hydroxylation is 1. The molecular formula is C50H42N2Si. The maximum Gasteiger partial charge on any atom is 0.0776 e. The monoisotopic (exact) mass is 698 g/mol. The largest absolute Gasteiger partial charge is 0.309 e. The average Bonchev–Trinajstić information content (AvgIpc) is 3.69. The minimum atomic E-state index is -1.42. The Morgan fingerprint density at radius 1 is 0.377 bits per heavy atom. The number of hydrogen-bond acceptors (Lipinski definition) is 0. The fraction of sp³-hybridized carbons (Fsp3) is 0.0800. The highest BCUT2D eigenvalue weighted by Gasteiger charge is 2.19. The zero-order chi connectivity index (χ0) is 36.1. The highest BCUT2D eigenvalue weighted by atomic mass is 28.3. The second kappa shape index (κ2) is 13.1. The molecule has 0 aliphatic carbocycles. The summed E-state index contributed by atoms with van der Waals surface area (Å²) in [7, 11) is -1.42. The van der Waals surface area contributed by atoms with Crippen molar-refractivity contribution in [1.29, 1.82) is 0 Å². The Morgan fingerprint density at radius 3 is 1.21 bits per heavy atom. The average molecular weight is 699 g/mol. The number of fused-ring (bicyclic) bond motifs is 6. The molecule has 0 fully saturated rings. The summed E-state index contributed by atoms with van der Waals surface area (Å²) in [5, 5.41) is 6.73. The van der Waals surface area contributed by atoms with Gasteiger partial charge in [-0.3, -0.25) is 0 Å². The van der Waals surface area contributed by atoms with Gasteiger partial charge in [-0.1, -0.05) is 158 Å². The van der Waals surface area contributed by atoms with Gasteiger partial charge >= 0.3 is 0 Å². The summed E-state index contributed by atoms with van der Waals surface area (Å²) in [5.41, 5.74) is 13.3. The van der Waals surface area contributed by atoms with Crippen LogP contribution in [0.3, 0.4) is 0 Å². The quantitative estimate of drug-likeness (QED) is 0.116. The SMILES string of the molecule is Cc1ccc2c(c1)c1ccccc1n2-c1ccc(/C=C/c2ccc(/C=C/c3ccc(-n4c5ccccc5c5cc([Si](C)(C)C)ccc54)cc3)cc2)cc1. The van der Waals surface area contributed by atoms with Crippen LogP contribution in [0.1, 0.15) is 27.8 Å². The predicted molar refractivity (Wildman–Crippen MR) is 234 cm³/mol. The van der Waals surface area contributed by atoms with E-state index in [2.05, 4.69) is 218 Å². The Kier molecular flexibility index (Phi) is 8.09. The number of benzene rings is 7. The highest BCUT2D eigenvalue weighted by Crippen LogP contribution is 2.34. The van der Waals surface area contributed by atoms with Crippen LogP contribution in [0.4, 0.5) is 0 Å². The summed E-state index contributed by atoms with van der Waals surface area (Å²) in [6.07, 6.45) is 8.76. The van der Waals surface area contributed by atoms with Gasteiger partial charge in [0.1, 0.15) is 0 Å². The third kappa shape index (κ3) is 6.13. The van der Waals surface area contributed by atoms with Gasteiger partial charge in [0.05, 0.1) is 30.1 Å². The summed E-state index contributed by atoms with van der Waals surface area (Å²) in [6, 6.07) is 57.8. The van der Waals surface area contributed by atoms with Gasteiger partial charge < -0.3 is 9.13 Å². The summed E-state index contributed by atoms with van der Waals surface area (Å²) < 4.78 is 4.77. The van der Waals surface area contributed by atoms with Gasteiger partial charge in [0.2, 0.25) is 0 Å². The lowest BCUT2D eigenvalue weighted by atomic mass is 10.1. The number of aromatic nitrogens is 2. The van der Waals surface area contributed by atoms with Crippen molar-refractivity contribution < 1.29 is 0 Å².